The number of thiophene rings is 1. The summed E-state index contributed by atoms with van der Waals surface area (Å²) in [5.41, 5.74) is 0.991. The highest BCUT2D eigenvalue weighted by molar-refractivity contribution is 7.10. The fraction of sp³-hybridized carbons (Fsp3) is 0.600. The van der Waals surface area contributed by atoms with Gasteiger partial charge in [-0.2, -0.15) is 0 Å². The molecule has 106 valence electrons. The molecule has 1 rings (SSSR count). The lowest BCUT2D eigenvalue weighted by Gasteiger charge is -2.27. The largest absolute Gasteiger partial charge is 0.384 e. The van der Waals surface area contributed by atoms with Crippen LogP contribution in [0.4, 0.5) is 0 Å². The first-order valence-corrected chi connectivity index (χ1v) is 7.49. The van der Waals surface area contributed by atoms with Crippen LogP contribution in [0.25, 0.3) is 0 Å². The predicted octanol–water partition coefficient (Wildman–Crippen LogP) is 2.34. The Morgan fingerprint density at radius 3 is 2.95 bits per heavy atom. The number of hydrogen-bond acceptors (Lipinski definition) is 4. The van der Waals surface area contributed by atoms with E-state index < -0.39 is 0 Å². The smallest absolute Gasteiger partial charge is 0.104 e. The van der Waals surface area contributed by atoms with Crippen LogP contribution in [-0.2, 0) is 11.3 Å². The third-order valence-electron chi connectivity index (χ3n) is 3.12. The van der Waals surface area contributed by atoms with E-state index in [1.165, 1.54) is 4.88 Å². The second kappa shape index (κ2) is 9.11. The lowest BCUT2D eigenvalue weighted by Crippen LogP contribution is -2.34. The van der Waals surface area contributed by atoms with Gasteiger partial charge in [-0.1, -0.05) is 18.8 Å². The van der Waals surface area contributed by atoms with Crippen molar-refractivity contribution in [3.63, 3.8) is 0 Å². The summed E-state index contributed by atoms with van der Waals surface area (Å²) in [4.78, 5) is 3.73. The van der Waals surface area contributed by atoms with Crippen molar-refractivity contribution in [1.29, 1.82) is 0 Å². The van der Waals surface area contributed by atoms with Crippen molar-refractivity contribution in [3.05, 3.63) is 21.9 Å². The third kappa shape index (κ3) is 5.75. The summed E-state index contributed by atoms with van der Waals surface area (Å²) in [6, 6.07) is 2.65. The predicted molar refractivity (Wildman–Crippen MR) is 80.3 cm³/mol. The van der Waals surface area contributed by atoms with Gasteiger partial charge in [-0.05, 0) is 19.4 Å². The lowest BCUT2D eigenvalue weighted by molar-refractivity contribution is 0.119. The van der Waals surface area contributed by atoms with Gasteiger partial charge in [0.1, 0.15) is 6.61 Å². The standard InChI is InChI=1S/C15H23NO2S/c1-4-13(2)16(7-9-18-3)11-15-10-14(12-19-15)6-5-8-17/h10,12-13,17H,4,7-9,11H2,1-3H3. The van der Waals surface area contributed by atoms with Crippen LogP contribution in [0.15, 0.2) is 11.4 Å². The van der Waals surface area contributed by atoms with E-state index in [0.29, 0.717) is 6.04 Å². The van der Waals surface area contributed by atoms with Gasteiger partial charge in [0.2, 0.25) is 0 Å². The zero-order valence-electron chi connectivity index (χ0n) is 12.0. The van der Waals surface area contributed by atoms with E-state index in [0.717, 1.165) is 31.7 Å². The van der Waals surface area contributed by atoms with E-state index in [2.05, 4.69) is 36.7 Å². The Bertz CT molecular complexity index is 419. The second-order valence-corrected chi connectivity index (χ2v) is 5.48. The number of aliphatic hydroxyl groups excluding tert-OH is 1. The van der Waals surface area contributed by atoms with Crippen LogP contribution >= 0.6 is 11.3 Å². The van der Waals surface area contributed by atoms with Crippen molar-refractivity contribution >= 4 is 11.3 Å². The summed E-state index contributed by atoms with van der Waals surface area (Å²) in [7, 11) is 1.74. The van der Waals surface area contributed by atoms with Crippen molar-refractivity contribution in [1.82, 2.24) is 4.90 Å². The number of rotatable bonds is 7. The minimum Gasteiger partial charge on any atom is -0.384 e. The Labute approximate surface area is 120 Å². The number of methoxy groups -OCH3 is 1. The monoisotopic (exact) mass is 281 g/mol. The molecule has 0 amide bonds. The molecular weight excluding hydrogens is 258 g/mol. The first kappa shape index (κ1) is 16.2. The molecule has 0 radical (unpaired) electrons. The summed E-state index contributed by atoms with van der Waals surface area (Å²) in [5, 5.41) is 10.7. The van der Waals surface area contributed by atoms with Gasteiger partial charge in [0.15, 0.2) is 0 Å². The Balaban J connectivity index is 2.64. The summed E-state index contributed by atoms with van der Waals surface area (Å²) in [6.45, 7) is 7.00. The molecule has 0 saturated carbocycles. The Hall–Kier alpha value is -0.860. The molecule has 0 bridgehead atoms. The first-order valence-electron chi connectivity index (χ1n) is 6.61. The summed E-state index contributed by atoms with van der Waals surface area (Å²) in [5.74, 6) is 5.62. The molecule has 4 heteroatoms. The zero-order chi connectivity index (χ0) is 14.1. The molecule has 0 saturated heterocycles. The minimum absolute atomic E-state index is 0.0853. The summed E-state index contributed by atoms with van der Waals surface area (Å²) in [6.07, 6.45) is 1.13. The fourth-order valence-electron chi connectivity index (χ4n) is 1.79. The molecule has 0 spiro atoms. The molecular formula is C15H23NO2S. The zero-order valence-corrected chi connectivity index (χ0v) is 12.8. The molecule has 1 N–H and O–H groups in total. The first-order chi connectivity index (χ1) is 9.21. The maximum absolute atomic E-state index is 8.69. The Morgan fingerprint density at radius 2 is 2.32 bits per heavy atom. The van der Waals surface area contributed by atoms with Crippen LogP contribution in [0, 0.1) is 11.8 Å². The van der Waals surface area contributed by atoms with E-state index in [-0.39, 0.29) is 6.61 Å². The average molecular weight is 281 g/mol. The topological polar surface area (TPSA) is 32.7 Å². The fourth-order valence-corrected chi connectivity index (χ4v) is 2.63. The van der Waals surface area contributed by atoms with E-state index in [9.17, 15) is 0 Å². The molecule has 0 aromatic carbocycles. The van der Waals surface area contributed by atoms with Gasteiger partial charge in [-0.25, -0.2) is 0 Å². The van der Waals surface area contributed by atoms with Gasteiger partial charge in [0, 0.05) is 42.1 Å². The van der Waals surface area contributed by atoms with Crippen molar-refractivity contribution in [2.24, 2.45) is 0 Å². The molecule has 1 aromatic rings. The van der Waals surface area contributed by atoms with Crippen LogP contribution in [0.5, 0.6) is 0 Å². The highest BCUT2D eigenvalue weighted by Crippen LogP contribution is 2.18. The molecule has 19 heavy (non-hydrogen) atoms. The molecule has 0 aliphatic heterocycles. The van der Waals surface area contributed by atoms with Crippen molar-refractivity contribution in [2.45, 2.75) is 32.9 Å². The SMILES string of the molecule is CCC(C)N(CCOC)Cc1cc(C#CCO)cs1. The van der Waals surface area contributed by atoms with E-state index in [1.54, 1.807) is 18.4 Å². The molecule has 0 fully saturated rings. The maximum atomic E-state index is 8.69. The molecule has 0 aliphatic carbocycles. The highest BCUT2D eigenvalue weighted by Gasteiger charge is 2.13. The summed E-state index contributed by atoms with van der Waals surface area (Å²) >= 11 is 1.72. The van der Waals surface area contributed by atoms with E-state index in [4.69, 9.17) is 9.84 Å². The van der Waals surface area contributed by atoms with Gasteiger partial charge < -0.3 is 9.84 Å². The average Bonchev–Trinajstić information content (AvgIpc) is 2.87. The van der Waals surface area contributed by atoms with E-state index >= 15 is 0 Å². The Kier molecular flexibility index (Phi) is 7.76. The number of nitrogens with zero attached hydrogens (tertiary/aromatic N) is 1. The highest BCUT2D eigenvalue weighted by atomic mass is 32.1. The molecule has 1 aromatic heterocycles. The van der Waals surface area contributed by atoms with Gasteiger partial charge in [-0.15, -0.1) is 11.3 Å². The molecule has 1 heterocycles. The Morgan fingerprint density at radius 1 is 1.53 bits per heavy atom. The third-order valence-corrected chi connectivity index (χ3v) is 4.04. The minimum atomic E-state index is -0.0853. The number of aliphatic hydroxyl groups is 1. The molecule has 0 aliphatic rings. The maximum Gasteiger partial charge on any atom is 0.104 e. The van der Waals surface area contributed by atoms with Crippen molar-refractivity contribution < 1.29 is 9.84 Å². The summed E-state index contributed by atoms with van der Waals surface area (Å²) < 4.78 is 5.17. The van der Waals surface area contributed by atoms with Gasteiger partial charge in [-0.3, -0.25) is 4.90 Å². The molecule has 3 nitrogen and oxygen atoms in total. The second-order valence-electron chi connectivity index (χ2n) is 4.48. The lowest BCUT2D eigenvalue weighted by atomic mass is 10.2. The van der Waals surface area contributed by atoms with Gasteiger partial charge >= 0.3 is 0 Å². The van der Waals surface area contributed by atoms with Crippen molar-refractivity contribution in [3.8, 4) is 11.8 Å². The van der Waals surface area contributed by atoms with Crippen LogP contribution in [0.2, 0.25) is 0 Å². The van der Waals surface area contributed by atoms with Gasteiger partial charge in [0.25, 0.3) is 0 Å². The van der Waals surface area contributed by atoms with Gasteiger partial charge in [0.05, 0.1) is 6.61 Å². The molecule has 1 unspecified atom stereocenters. The van der Waals surface area contributed by atoms with Crippen LogP contribution in [0.1, 0.15) is 30.7 Å². The number of hydrogen-bond donors (Lipinski definition) is 1. The van der Waals surface area contributed by atoms with Crippen LogP contribution in [-0.4, -0.2) is 42.9 Å². The van der Waals surface area contributed by atoms with Crippen LogP contribution in [0.3, 0.4) is 0 Å². The van der Waals surface area contributed by atoms with E-state index in [1.807, 2.05) is 5.38 Å². The molecule has 1 atom stereocenters. The van der Waals surface area contributed by atoms with Crippen LogP contribution < -0.4 is 0 Å². The quantitative estimate of drug-likeness (QED) is 0.779. The normalized spacial score (nSPS) is 12.3. The van der Waals surface area contributed by atoms with Crippen molar-refractivity contribution in [2.75, 3.05) is 26.9 Å². The number of ether oxygens (including phenoxy) is 1.